The first-order valence-electron chi connectivity index (χ1n) is 14.1. The standard InChI is InChI=1S/C31H45N3O4/c1-32(2)31(26-9-6-10-28(19-26)38-23-36-3)17-15-30(16-18-31)22-33(20-25-11-13-27(37-4)14-12-25)29(35)34(30)21-24-7-5-8-24/h6,9-14,19,24,29,35H,5,7-8,15-18,20-23H2,1-4H3. The quantitative estimate of drug-likeness (QED) is 0.455. The van der Waals surface area contributed by atoms with E-state index in [0.717, 1.165) is 56.8 Å². The second-order valence-electron chi connectivity index (χ2n) is 11.8. The van der Waals surface area contributed by atoms with Crippen LogP contribution >= 0.6 is 0 Å². The monoisotopic (exact) mass is 523 g/mol. The maximum atomic E-state index is 11.7. The van der Waals surface area contributed by atoms with E-state index in [9.17, 15) is 5.11 Å². The molecule has 0 bridgehead atoms. The minimum atomic E-state index is -0.546. The number of benzene rings is 2. The molecule has 1 atom stereocenters. The van der Waals surface area contributed by atoms with Crippen LogP contribution in [0.5, 0.6) is 11.5 Å². The molecule has 2 saturated carbocycles. The van der Waals surface area contributed by atoms with Crippen LogP contribution in [0.1, 0.15) is 56.1 Å². The zero-order chi connectivity index (χ0) is 26.8. The summed E-state index contributed by atoms with van der Waals surface area (Å²) in [6.45, 7) is 2.88. The Bertz CT molecular complexity index is 1050. The van der Waals surface area contributed by atoms with E-state index in [-0.39, 0.29) is 17.9 Å². The predicted molar refractivity (Wildman–Crippen MR) is 149 cm³/mol. The number of aliphatic hydroxyl groups excluding tert-OH is 1. The van der Waals surface area contributed by atoms with Gasteiger partial charge in [-0.15, -0.1) is 0 Å². The maximum Gasteiger partial charge on any atom is 0.188 e. The van der Waals surface area contributed by atoms with Crippen molar-refractivity contribution in [3.63, 3.8) is 0 Å². The van der Waals surface area contributed by atoms with Gasteiger partial charge in [0.25, 0.3) is 0 Å². The van der Waals surface area contributed by atoms with Crippen LogP contribution in [-0.2, 0) is 16.8 Å². The lowest BCUT2D eigenvalue weighted by atomic mass is 9.68. The summed E-state index contributed by atoms with van der Waals surface area (Å²) >= 11 is 0. The molecule has 2 aliphatic carbocycles. The largest absolute Gasteiger partial charge is 0.497 e. The molecule has 38 heavy (non-hydrogen) atoms. The highest BCUT2D eigenvalue weighted by molar-refractivity contribution is 5.35. The minimum absolute atomic E-state index is 0.00878. The zero-order valence-corrected chi connectivity index (χ0v) is 23.6. The third-order valence-electron chi connectivity index (χ3n) is 9.52. The lowest BCUT2D eigenvalue weighted by molar-refractivity contribution is -0.104. The molecule has 3 aliphatic rings. The summed E-state index contributed by atoms with van der Waals surface area (Å²) in [7, 11) is 7.74. The summed E-state index contributed by atoms with van der Waals surface area (Å²) in [5.74, 6) is 2.42. The van der Waals surface area contributed by atoms with Gasteiger partial charge in [0.15, 0.2) is 13.1 Å². The van der Waals surface area contributed by atoms with Gasteiger partial charge in [-0.3, -0.25) is 14.7 Å². The molecule has 1 aliphatic heterocycles. The van der Waals surface area contributed by atoms with E-state index in [1.807, 2.05) is 18.2 Å². The Morgan fingerprint density at radius 3 is 2.32 bits per heavy atom. The second kappa shape index (κ2) is 11.5. The van der Waals surface area contributed by atoms with Crippen LogP contribution in [0.2, 0.25) is 0 Å². The van der Waals surface area contributed by atoms with Crippen molar-refractivity contribution >= 4 is 0 Å². The second-order valence-corrected chi connectivity index (χ2v) is 11.8. The van der Waals surface area contributed by atoms with Crippen molar-refractivity contribution in [2.75, 3.05) is 48.2 Å². The predicted octanol–water partition coefficient (Wildman–Crippen LogP) is 4.64. The van der Waals surface area contributed by atoms with Crippen molar-refractivity contribution in [1.82, 2.24) is 14.7 Å². The van der Waals surface area contributed by atoms with Gasteiger partial charge in [-0.1, -0.05) is 30.7 Å². The molecule has 1 heterocycles. The van der Waals surface area contributed by atoms with Crippen LogP contribution in [0.25, 0.3) is 0 Å². The summed E-state index contributed by atoms with van der Waals surface area (Å²) in [6, 6.07) is 16.8. The first-order chi connectivity index (χ1) is 18.4. The van der Waals surface area contributed by atoms with E-state index in [2.05, 4.69) is 59.1 Å². The highest BCUT2D eigenvalue weighted by Gasteiger charge is 2.55. The molecular formula is C31H45N3O4. The van der Waals surface area contributed by atoms with Crippen LogP contribution in [0.3, 0.4) is 0 Å². The Kier molecular flexibility index (Phi) is 8.31. The van der Waals surface area contributed by atoms with E-state index in [1.54, 1.807) is 14.2 Å². The average Bonchev–Trinajstić information content (AvgIpc) is 3.15. The van der Waals surface area contributed by atoms with Gasteiger partial charge in [0.2, 0.25) is 0 Å². The summed E-state index contributed by atoms with van der Waals surface area (Å²) in [4.78, 5) is 7.15. The third-order valence-corrected chi connectivity index (χ3v) is 9.52. The fourth-order valence-electron chi connectivity index (χ4n) is 6.91. The van der Waals surface area contributed by atoms with Gasteiger partial charge in [0.05, 0.1) is 7.11 Å². The molecule has 1 saturated heterocycles. The van der Waals surface area contributed by atoms with E-state index in [1.165, 1.54) is 30.4 Å². The first kappa shape index (κ1) is 27.4. The summed E-state index contributed by atoms with van der Waals surface area (Å²) < 4.78 is 16.3. The molecular weight excluding hydrogens is 478 g/mol. The first-order valence-corrected chi connectivity index (χ1v) is 14.1. The van der Waals surface area contributed by atoms with Gasteiger partial charge in [-0.05, 0) is 93.9 Å². The SMILES string of the molecule is COCOc1cccc(C2(N(C)C)CCC3(CC2)CN(Cc2ccc(OC)cc2)C(O)N3CC2CCC2)c1. The molecule has 2 aromatic carbocycles. The van der Waals surface area contributed by atoms with Gasteiger partial charge in [-0.2, -0.15) is 0 Å². The van der Waals surface area contributed by atoms with Gasteiger partial charge < -0.3 is 19.3 Å². The molecule has 0 radical (unpaired) electrons. The van der Waals surface area contributed by atoms with Crippen molar-refractivity contribution < 1.29 is 19.3 Å². The Hall–Kier alpha value is -2.16. The fraction of sp³-hybridized carbons (Fsp3) is 0.613. The molecule has 1 unspecified atom stereocenters. The summed E-state index contributed by atoms with van der Waals surface area (Å²) in [6.07, 6.45) is 7.53. The van der Waals surface area contributed by atoms with Gasteiger partial charge in [-0.25, -0.2) is 0 Å². The van der Waals surface area contributed by atoms with Gasteiger partial charge in [0.1, 0.15) is 11.5 Å². The smallest absolute Gasteiger partial charge is 0.188 e. The maximum absolute atomic E-state index is 11.7. The number of aliphatic hydroxyl groups is 1. The van der Waals surface area contributed by atoms with E-state index in [0.29, 0.717) is 5.92 Å². The Morgan fingerprint density at radius 2 is 1.71 bits per heavy atom. The molecule has 208 valence electrons. The number of hydrogen-bond donors (Lipinski definition) is 1. The number of methoxy groups -OCH3 is 2. The van der Waals surface area contributed by atoms with Crippen molar-refractivity contribution in [3.05, 3.63) is 59.7 Å². The lowest BCUT2D eigenvalue weighted by Gasteiger charge is -2.52. The van der Waals surface area contributed by atoms with E-state index >= 15 is 0 Å². The average molecular weight is 524 g/mol. The molecule has 0 aromatic heterocycles. The van der Waals surface area contributed by atoms with Crippen LogP contribution in [0.4, 0.5) is 0 Å². The Morgan fingerprint density at radius 1 is 0.974 bits per heavy atom. The molecule has 2 aromatic rings. The zero-order valence-electron chi connectivity index (χ0n) is 23.6. The normalized spacial score (nSPS) is 28.6. The highest BCUT2D eigenvalue weighted by atomic mass is 16.7. The molecule has 7 nitrogen and oxygen atoms in total. The lowest BCUT2D eigenvalue weighted by Crippen LogP contribution is -2.57. The van der Waals surface area contributed by atoms with Crippen LogP contribution in [0.15, 0.2) is 48.5 Å². The van der Waals surface area contributed by atoms with E-state index in [4.69, 9.17) is 14.2 Å². The van der Waals surface area contributed by atoms with Crippen LogP contribution in [-0.4, -0.2) is 79.9 Å². The summed E-state index contributed by atoms with van der Waals surface area (Å²) in [5, 5.41) is 11.7. The number of nitrogens with zero attached hydrogens (tertiary/aromatic N) is 3. The topological polar surface area (TPSA) is 57.6 Å². The summed E-state index contributed by atoms with van der Waals surface area (Å²) in [5.41, 5.74) is 2.43. The Labute approximate surface area is 228 Å². The number of rotatable bonds is 10. The van der Waals surface area contributed by atoms with Crippen LogP contribution in [0, 0.1) is 5.92 Å². The Balaban J connectivity index is 1.37. The molecule has 7 heteroatoms. The fourth-order valence-corrected chi connectivity index (χ4v) is 6.91. The molecule has 5 rings (SSSR count). The van der Waals surface area contributed by atoms with Crippen molar-refractivity contribution in [1.29, 1.82) is 0 Å². The van der Waals surface area contributed by atoms with Crippen molar-refractivity contribution in [2.24, 2.45) is 5.92 Å². The van der Waals surface area contributed by atoms with Crippen molar-refractivity contribution in [3.8, 4) is 11.5 Å². The number of hydrogen-bond acceptors (Lipinski definition) is 7. The molecule has 1 N–H and O–H groups in total. The van der Waals surface area contributed by atoms with Gasteiger partial charge >= 0.3 is 0 Å². The molecule has 3 fully saturated rings. The van der Waals surface area contributed by atoms with E-state index < -0.39 is 6.35 Å². The third kappa shape index (κ3) is 5.32. The van der Waals surface area contributed by atoms with Crippen LogP contribution < -0.4 is 9.47 Å². The minimum Gasteiger partial charge on any atom is -0.497 e. The van der Waals surface area contributed by atoms with Crippen molar-refractivity contribution in [2.45, 2.75) is 68.9 Å². The highest BCUT2D eigenvalue weighted by Crippen LogP contribution is 2.50. The molecule has 0 amide bonds. The molecule has 1 spiro atoms. The van der Waals surface area contributed by atoms with Gasteiger partial charge in [0, 0.05) is 37.8 Å². The number of ether oxygens (including phenoxy) is 3.